The minimum Gasteiger partial charge on any atom is -0.496 e. The molecule has 6 heteroatoms. The fourth-order valence-electron chi connectivity index (χ4n) is 4.32. The SMILES string of the molecule is COc1ccccc1-c1cnc2n1CCN(C(=O)C1CCCCN1C)CC2. The van der Waals surface area contributed by atoms with Gasteiger partial charge in [0.05, 0.1) is 25.0 Å². The number of para-hydroxylation sites is 1. The molecule has 27 heavy (non-hydrogen) atoms. The van der Waals surface area contributed by atoms with Crippen LogP contribution in [0.3, 0.4) is 0 Å². The Balaban J connectivity index is 1.54. The normalized spacial score (nSPS) is 20.8. The van der Waals surface area contributed by atoms with E-state index in [1.807, 2.05) is 29.3 Å². The lowest BCUT2D eigenvalue weighted by Gasteiger charge is -2.35. The number of hydrogen-bond donors (Lipinski definition) is 0. The molecule has 4 rings (SSSR count). The van der Waals surface area contributed by atoms with Gasteiger partial charge in [0.1, 0.15) is 11.6 Å². The molecule has 3 heterocycles. The monoisotopic (exact) mass is 368 g/mol. The lowest BCUT2D eigenvalue weighted by atomic mass is 10.0. The summed E-state index contributed by atoms with van der Waals surface area (Å²) in [6.45, 7) is 3.26. The van der Waals surface area contributed by atoms with Gasteiger partial charge in [0.2, 0.25) is 5.91 Å². The number of carbonyl (C=O) groups is 1. The third kappa shape index (κ3) is 3.46. The summed E-state index contributed by atoms with van der Waals surface area (Å²) in [7, 11) is 3.77. The van der Waals surface area contributed by atoms with Gasteiger partial charge in [-0.1, -0.05) is 18.6 Å². The molecule has 0 radical (unpaired) electrons. The Kier molecular flexibility index (Phi) is 5.16. The van der Waals surface area contributed by atoms with Gasteiger partial charge in [-0.15, -0.1) is 0 Å². The van der Waals surface area contributed by atoms with E-state index in [2.05, 4.69) is 27.6 Å². The Morgan fingerprint density at radius 3 is 2.81 bits per heavy atom. The zero-order chi connectivity index (χ0) is 18.8. The highest BCUT2D eigenvalue weighted by molar-refractivity contribution is 5.82. The summed E-state index contributed by atoms with van der Waals surface area (Å²) < 4.78 is 7.78. The first kappa shape index (κ1) is 18.0. The number of carbonyl (C=O) groups excluding carboxylic acids is 1. The molecule has 1 aromatic heterocycles. The molecule has 2 aliphatic rings. The average Bonchev–Trinajstić information content (AvgIpc) is 2.98. The van der Waals surface area contributed by atoms with Crippen molar-refractivity contribution < 1.29 is 9.53 Å². The van der Waals surface area contributed by atoms with Gasteiger partial charge in [-0.05, 0) is 38.6 Å². The molecule has 0 aliphatic carbocycles. The number of nitrogens with zero attached hydrogens (tertiary/aromatic N) is 4. The first-order valence-electron chi connectivity index (χ1n) is 9.86. The van der Waals surface area contributed by atoms with Crippen LogP contribution in [0.5, 0.6) is 5.75 Å². The fourth-order valence-corrected chi connectivity index (χ4v) is 4.32. The number of fused-ring (bicyclic) bond motifs is 1. The molecule has 1 unspecified atom stereocenters. The van der Waals surface area contributed by atoms with Crippen molar-refractivity contribution in [3.63, 3.8) is 0 Å². The van der Waals surface area contributed by atoms with E-state index in [9.17, 15) is 4.79 Å². The Hall–Kier alpha value is -2.34. The second kappa shape index (κ2) is 7.72. The Bertz CT molecular complexity index is 816. The zero-order valence-electron chi connectivity index (χ0n) is 16.2. The summed E-state index contributed by atoms with van der Waals surface area (Å²) in [5.74, 6) is 2.17. The van der Waals surface area contributed by atoms with Crippen molar-refractivity contribution in [1.82, 2.24) is 19.4 Å². The number of likely N-dealkylation sites (tertiary alicyclic amines) is 1. The van der Waals surface area contributed by atoms with Gasteiger partial charge in [0, 0.05) is 31.6 Å². The van der Waals surface area contributed by atoms with E-state index in [4.69, 9.17) is 4.74 Å². The van der Waals surface area contributed by atoms with E-state index in [0.29, 0.717) is 0 Å². The van der Waals surface area contributed by atoms with E-state index in [-0.39, 0.29) is 11.9 Å². The molecular formula is C21H28N4O2. The van der Waals surface area contributed by atoms with Crippen molar-refractivity contribution in [3.05, 3.63) is 36.3 Å². The van der Waals surface area contributed by atoms with Crippen LogP contribution in [0.25, 0.3) is 11.3 Å². The van der Waals surface area contributed by atoms with E-state index >= 15 is 0 Å². The Labute approximate surface area is 160 Å². The van der Waals surface area contributed by atoms with Crippen LogP contribution in [0.15, 0.2) is 30.5 Å². The third-order valence-electron chi connectivity index (χ3n) is 5.89. The van der Waals surface area contributed by atoms with Gasteiger partial charge < -0.3 is 14.2 Å². The van der Waals surface area contributed by atoms with Crippen molar-refractivity contribution in [2.24, 2.45) is 0 Å². The maximum absolute atomic E-state index is 13.1. The van der Waals surface area contributed by atoms with Crippen LogP contribution in [0.2, 0.25) is 0 Å². The minimum atomic E-state index is 0.0397. The molecule has 0 N–H and O–H groups in total. The van der Waals surface area contributed by atoms with Crippen molar-refractivity contribution in [2.75, 3.05) is 33.8 Å². The molecule has 1 fully saturated rings. The minimum absolute atomic E-state index is 0.0397. The van der Waals surface area contributed by atoms with E-state index in [1.54, 1.807) is 7.11 Å². The second-order valence-electron chi connectivity index (χ2n) is 7.48. The summed E-state index contributed by atoms with van der Waals surface area (Å²) in [6, 6.07) is 8.07. The number of hydrogen-bond acceptors (Lipinski definition) is 4. The van der Waals surface area contributed by atoms with E-state index in [1.165, 1.54) is 6.42 Å². The van der Waals surface area contributed by atoms with Gasteiger partial charge in [-0.2, -0.15) is 0 Å². The molecule has 0 spiro atoms. The quantitative estimate of drug-likeness (QED) is 0.835. The Morgan fingerprint density at radius 2 is 2.00 bits per heavy atom. The summed E-state index contributed by atoms with van der Waals surface area (Å²) in [5, 5.41) is 0. The van der Waals surface area contributed by atoms with Gasteiger partial charge in [0.25, 0.3) is 0 Å². The average molecular weight is 368 g/mol. The fraction of sp³-hybridized carbons (Fsp3) is 0.524. The highest BCUT2D eigenvalue weighted by Crippen LogP contribution is 2.31. The molecule has 1 amide bonds. The topological polar surface area (TPSA) is 50.6 Å². The van der Waals surface area contributed by atoms with Gasteiger partial charge in [-0.25, -0.2) is 4.98 Å². The number of aromatic nitrogens is 2. The lowest BCUT2D eigenvalue weighted by Crippen LogP contribution is -2.50. The number of rotatable bonds is 3. The summed E-state index contributed by atoms with van der Waals surface area (Å²) >= 11 is 0. The van der Waals surface area contributed by atoms with Crippen molar-refractivity contribution >= 4 is 5.91 Å². The summed E-state index contributed by atoms with van der Waals surface area (Å²) in [6.07, 6.45) is 6.03. The second-order valence-corrected chi connectivity index (χ2v) is 7.48. The van der Waals surface area contributed by atoms with Crippen LogP contribution in [-0.4, -0.2) is 65.1 Å². The molecule has 0 bridgehead atoms. The maximum Gasteiger partial charge on any atom is 0.239 e. The maximum atomic E-state index is 13.1. The van der Waals surface area contributed by atoms with Crippen LogP contribution in [0.1, 0.15) is 25.1 Å². The molecule has 6 nitrogen and oxygen atoms in total. The van der Waals surface area contributed by atoms with Gasteiger partial charge in [0.15, 0.2) is 0 Å². The largest absolute Gasteiger partial charge is 0.496 e. The molecule has 2 aliphatic heterocycles. The number of benzene rings is 1. The van der Waals surface area contributed by atoms with Crippen molar-refractivity contribution in [3.8, 4) is 17.0 Å². The molecular weight excluding hydrogens is 340 g/mol. The highest BCUT2D eigenvalue weighted by atomic mass is 16.5. The lowest BCUT2D eigenvalue weighted by molar-refractivity contribution is -0.137. The van der Waals surface area contributed by atoms with Gasteiger partial charge in [-0.3, -0.25) is 9.69 Å². The molecule has 1 aromatic carbocycles. The van der Waals surface area contributed by atoms with Crippen LogP contribution in [0, 0.1) is 0 Å². The molecule has 1 atom stereocenters. The first-order chi connectivity index (χ1) is 13.2. The predicted molar refractivity (Wildman–Crippen MR) is 105 cm³/mol. The van der Waals surface area contributed by atoms with Crippen LogP contribution in [-0.2, 0) is 17.8 Å². The number of ether oxygens (including phenoxy) is 1. The summed E-state index contributed by atoms with van der Waals surface area (Å²) in [4.78, 5) is 22.0. The van der Waals surface area contributed by atoms with Gasteiger partial charge >= 0.3 is 0 Å². The van der Waals surface area contributed by atoms with E-state index < -0.39 is 0 Å². The molecule has 144 valence electrons. The van der Waals surface area contributed by atoms with Crippen LogP contribution >= 0.6 is 0 Å². The Morgan fingerprint density at radius 1 is 1.15 bits per heavy atom. The van der Waals surface area contributed by atoms with E-state index in [0.717, 1.165) is 68.3 Å². The third-order valence-corrected chi connectivity index (χ3v) is 5.89. The summed E-state index contributed by atoms with van der Waals surface area (Å²) in [5.41, 5.74) is 2.11. The molecule has 2 aromatic rings. The molecule has 1 saturated heterocycles. The standard InChI is InChI=1S/C21H28N4O2/c1-23-11-6-5-8-17(23)21(26)24-12-10-20-22-15-18(25(20)14-13-24)16-7-3-4-9-19(16)27-2/h3-4,7,9,15,17H,5-6,8,10-14H2,1-2H3. The molecule has 0 saturated carbocycles. The number of methoxy groups -OCH3 is 1. The number of amides is 1. The predicted octanol–water partition coefficient (Wildman–Crippen LogP) is 2.43. The zero-order valence-corrected chi connectivity index (χ0v) is 16.2. The number of likely N-dealkylation sites (N-methyl/N-ethyl adjacent to an activating group) is 1. The first-order valence-corrected chi connectivity index (χ1v) is 9.86. The van der Waals surface area contributed by atoms with Crippen molar-refractivity contribution in [1.29, 1.82) is 0 Å². The highest BCUT2D eigenvalue weighted by Gasteiger charge is 2.31. The van der Waals surface area contributed by atoms with Crippen molar-refractivity contribution in [2.45, 2.75) is 38.3 Å². The number of piperidine rings is 1. The number of imidazole rings is 1. The smallest absolute Gasteiger partial charge is 0.239 e. The van der Waals surface area contributed by atoms with Crippen LogP contribution < -0.4 is 4.74 Å². The van der Waals surface area contributed by atoms with Crippen LogP contribution in [0.4, 0.5) is 0 Å².